The molecule has 9 nitrogen and oxygen atoms in total. The van der Waals surface area contributed by atoms with Gasteiger partial charge in [-0.1, -0.05) is 35.3 Å². The average Bonchev–Trinajstić information content (AvgIpc) is 3.43. The molecule has 3 heterocycles. The minimum Gasteiger partial charge on any atom is -0.484 e. The Morgan fingerprint density at radius 2 is 1.60 bits per heavy atom. The fraction of sp³-hybridized carbons (Fsp3) is 0.250. The third-order valence-corrected chi connectivity index (χ3v) is 9.17. The fourth-order valence-electron chi connectivity index (χ4n) is 5.66. The number of carbonyl (C=O) groups is 2. The van der Waals surface area contributed by atoms with Gasteiger partial charge >= 0.3 is 6.18 Å². The molecule has 1 saturated heterocycles. The highest BCUT2D eigenvalue weighted by molar-refractivity contribution is 6.42. The number of anilines is 1. The van der Waals surface area contributed by atoms with E-state index in [0.717, 1.165) is 16.5 Å². The van der Waals surface area contributed by atoms with Gasteiger partial charge in [-0.2, -0.15) is 13.2 Å². The number of nitrogens with zero attached hydrogens (tertiary/aromatic N) is 5. The van der Waals surface area contributed by atoms with Crippen LogP contribution in [0.5, 0.6) is 17.4 Å². The predicted molar refractivity (Wildman–Crippen MR) is 186 cm³/mol. The molecule has 0 spiro atoms. The van der Waals surface area contributed by atoms with Gasteiger partial charge in [0.15, 0.2) is 6.61 Å². The van der Waals surface area contributed by atoms with Crippen molar-refractivity contribution in [2.75, 3.05) is 44.7 Å². The fourth-order valence-corrected chi connectivity index (χ4v) is 5.95. The molecule has 3 aromatic carbocycles. The molecule has 2 aromatic heterocycles. The second-order valence-corrected chi connectivity index (χ2v) is 12.7. The van der Waals surface area contributed by atoms with Crippen LogP contribution in [0.15, 0.2) is 85.1 Å². The quantitative estimate of drug-likeness (QED) is 0.154. The van der Waals surface area contributed by atoms with E-state index in [-0.39, 0.29) is 17.6 Å². The number of aromatic nitrogens is 2. The van der Waals surface area contributed by atoms with Gasteiger partial charge in [-0.05, 0) is 60.2 Å². The van der Waals surface area contributed by atoms with E-state index in [1.165, 1.54) is 29.3 Å². The summed E-state index contributed by atoms with van der Waals surface area (Å²) in [4.78, 5) is 36.3. The molecule has 1 aliphatic heterocycles. The number of hydrogen-bond acceptors (Lipinski definition) is 6. The molecule has 0 saturated carbocycles. The lowest BCUT2D eigenvalue weighted by Gasteiger charge is -2.34. The van der Waals surface area contributed by atoms with Crippen molar-refractivity contribution in [1.29, 1.82) is 0 Å². The first-order valence-electron chi connectivity index (χ1n) is 15.6. The van der Waals surface area contributed by atoms with Crippen molar-refractivity contribution in [2.24, 2.45) is 7.05 Å². The van der Waals surface area contributed by atoms with Crippen LogP contribution >= 0.6 is 23.2 Å². The smallest absolute Gasteiger partial charge is 0.422 e. The molecular formula is C36H32Cl2F3N5O4. The van der Waals surface area contributed by atoms with Crippen molar-refractivity contribution < 1.29 is 32.2 Å². The molecule has 1 fully saturated rings. The Balaban J connectivity index is 1.04. The second kappa shape index (κ2) is 14.6. The van der Waals surface area contributed by atoms with Gasteiger partial charge in [-0.3, -0.25) is 14.5 Å². The minimum absolute atomic E-state index is 0.0752. The van der Waals surface area contributed by atoms with Crippen molar-refractivity contribution >= 4 is 51.6 Å². The third kappa shape index (κ3) is 8.15. The van der Waals surface area contributed by atoms with Crippen LogP contribution in [-0.2, 0) is 13.6 Å². The van der Waals surface area contributed by atoms with E-state index in [1.54, 1.807) is 49.5 Å². The number of amides is 2. The minimum atomic E-state index is -4.38. The van der Waals surface area contributed by atoms with Crippen LogP contribution in [0.25, 0.3) is 10.9 Å². The normalized spacial score (nSPS) is 13.8. The molecule has 0 atom stereocenters. The van der Waals surface area contributed by atoms with Gasteiger partial charge in [0.2, 0.25) is 5.88 Å². The Morgan fingerprint density at radius 3 is 2.26 bits per heavy atom. The number of fused-ring (bicyclic) bond motifs is 1. The summed E-state index contributed by atoms with van der Waals surface area (Å²) in [6.07, 6.45) is -2.85. The molecule has 14 heteroatoms. The molecule has 1 aliphatic rings. The summed E-state index contributed by atoms with van der Waals surface area (Å²) >= 11 is 12.0. The highest BCUT2D eigenvalue weighted by Crippen LogP contribution is 2.29. The number of ether oxygens (including phenoxy) is 2. The summed E-state index contributed by atoms with van der Waals surface area (Å²) in [5.41, 5.74) is 3.26. The molecule has 6 rings (SSSR count). The summed E-state index contributed by atoms with van der Waals surface area (Å²) in [5, 5.41) is 1.54. The van der Waals surface area contributed by atoms with E-state index in [9.17, 15) is 22.8 Å². The van der Waals surface area contributed by atoms with Crippen LogP contribution in [0.1, 0.15) is 26.4 Å². The topological polar surface area (TPSA) is 80.1 Å². The number of carbonyl (C=O) groups excluding carboxylic acids is 2. The van der Waals surface area contributed by atoms with Crippen LogP contribution in [-0.4, -0.2) is 77.2 Å². The lowest BCUT2D eigenvalue weighted by molar-refractivity contribution is -0.153. The van der Waals surface area contributed by atoms with Gasteiger partial charge in [0.25, 0.3) is 11.8 Å². The molecule has 50 heavy (non-hydrogen) atoms. The van der Waals surface area contributed by atoms with E-state index in [0.29, 0.717) is 71.3 Å². The Bertz CT molecular complexity index is 2010. The summed E-state index contributed by atoms with van der Waals surface area (Å²) < 4.78 is 49.9. The van der Waals surface area contributed by atoms with Gasteiger partial charge in [-0.25, -0.2) is 4.98 Å². The van der Waals surface area contributed by atoms with E-state index >= 15 is 0 Å². The number of rotatable bonds is 9. The van der Waals surface area contributed by atoms with Crippen molar-refractivity contribution in [2.45, 2.75) is 12.7 Å². The zero-order valence-electron chi connectivity index (χ0n) is 27.1. The highest BCUT2D eigenvalue weighted by Gasteiger charge is 2.28. The zero-order valence-corrected chi connectivity index (χ0v) is 28.6. The van der Waals surface area contributed by atoms with E-state index in [2.05, 4.69) is 9.88 Å². The number of pyridine rings is 1. The Kier molecular flexibility index (Phi) is 10.2. The van der Waals surface area contributed by atoms with Crippen LogP contribution in [0.3, 0.4) is 0 Å². The largest absolute Gasteiger partial charge is 0.484 e. The number of piperazine rings is 1. The lowest BCUT2D eigenvalue weighted by atomic mass is 10.2. The highest BCUT2D eigenvalue weighted by atomic mass is 35.5. The van der Waals surface area contributed by atoms with E-state index < -0.39 is 12.8 Å². The number of benzene rings is 3. The molecule has 0 aliphatic carbocycles. The van der Waals surface area contributed by atoms with Crippen molar-refractivity contribution in [3.63, 3.8) is 0 Å². The molecule has 0 unspecified atom stereocenters. The molecular weight excluding hydrogens is 694 g/mol. The Morgan fingerprint density at radius 1 is 0.880 bits per heavy atom. The van der Waals surface area contributed by atoms with E-state index in [4.69, 9.17) is 32.7 Å². The van der Waals surface area contributed by atoms with Gasteiger partial charge in [0, 0.05) is 69.9 Å². The van der Waals surface area contributed by atoms with Gasteiger partial charge in [-0.15, -0.1) is 0 Å². The van der Waals surface area contributed by atoms with Crippen LogP contribution in [0, 0.1) is 0 Å². The standard InChI is InChI=1S/C36H32Cl2F3N5O4/c1-43(34(47)25-6-11-29(37)30(38)17-25)26-7-12-33(42-20-26)50-28-10-5-24-18-32(44(2)31(24)19-28)35(48)46-15-13-45(14-16-46)21-23-3-8-27(9-4-23)49-22-36(39,40)41/h3-12,17-20H,13-16,21-22H2,1-2H3. The number of hydrogen-bond donors (Lipinski definition) is 0. The summed E-state index contributed by atoms with van der Waals surface area (Å²) in [5.74, 6) is 0.685. The number of alkyl halides is 3. The molecule has 2 amide bonds. The maximum atomic E-state index is 13.6. The number of halogens is 5. The van der Waals surface area contributed by atoms with Crippen molar-refractivity contribution in [3.8, 4) is 17.4 Å². The van der Waals surface area contributed by atoms with Crippen LogP contribution in [0.2, 0.25) is 10.0 Å². The molecule has 0 bridgehead atoms. The molecule has 0 radical (unpaired) electrons. The lowest BCUT2D eigenvalue weighted by Crippen LogP contribution is -2.48. The Labute approximate surface area is 296 Å². The molecule has 5 aromatic rings. The van der Waals surface area contributed by atoms with Crippen molar-refractivity contribution in [3.05, 3.63) is 112 Å². The van der Waals surface area contributed by atoms with Gasteiger partial charge < -0.3 is 23.8 Å². The first-order chi connectivity index (χ1) is 23.8. The summed E-state index contributed by atoms with van der Waals surface area (Å²) in [6.45, 7) is 1.68. The molecule has 260 valence electrons. The van der Waals surface area contributed by atoms with Crippen molar-refractivity contribution in [1.82, 2.24) is 19.4 Å². The molecule has 0 N–H and O–H groups in total. The third-order valence-electron chi connectivity index (χ3n) is 8.43. The maximum absolute atomic E-state index is 13.6. The summed E-state index contributed by atoms with van der Waals surface area (Å²) in [6, 6.07) is 22.1. The van der Waals surface area contributed by atoms with Gasteiger partial charge in [0.05, 0.1) is 27.4 Å². The first kappa shape index (κ1) is 35.1. The summed E-state index contributed by atoms with van der Waals surface area (Å²) in [7, 11) is 3.47. The Hall–Kier alpha value is -4.78. The van der Waals surface area contributed by atoms with Crippen LogP contribution in [0.4, 0.5) is 18.9 Å². The SMILES string of the molecule is CN(C(=O)c1ccc(Cl)c(Cl)c1)c1ccc(Oc2ccc3cc(C(=O)N4CCN(Cc5ccc(OCC(F)(F)F)cc5)CC4)n(C)c3c2)nc1. The van der Waals surface area contributed by atoms with E-state index in [1.807, 2.05) is 34.7 Å². The monoisotopic (exact) mass is 725 g/mol. The number of aryl methyl sites for hydroxylation is 1. The predicted octanol–water partition coefficient (Wildman–Crippen LogP) is 7.85. The zero-order chi connectivity index (χ0) is 35.6. The average molecular weight is 727 g/mol. The second-order valence-electron chi connectivity index (χ2n) is 11.9. The van der Waals surface area contributed by atoms with Gasteiger partial charge in [0.1, 0.15) is 17.2 Å². The first-order valence-corrected chi connectivity index (χ1v) is 16.4. The maximum Gasteiger partial charge on any atom is 0.422 e. The van der Waals surface area contributed by atoms with Crippen LogP contribution < -0.4 is 14.4 Å².